The Morgan fingerprint density at radius 3 is 2.57 bits per heavy atom. The quantitative estimate of drug-likeness (QED) is 0.516. The van der Waals surface area contributed by atoms with Gasteiger partial charge in [0.05, 0.1) is 0 Å². The first kappa shape index (κ1) is 21.6. The molecule has 7 nitrogen and oxygen atoms in total. The van der Waals surface area contributed by atoms with Crippen molar-refractivity contribution in [1.82, 2.24) is 20.4 Å². The maximum absolute atomic E-state index is 12.4. The molecule has 0 aliphatic heterocycles. The van der Waals surface area contributed by atoms with Crippen molar-refractivity contribution in [2.45, 2.75) is 19.9 Å². The molecule has 2 N–H and O–H groups in total. The molecule has 0 bridgehead atoms. The van der Waals surface area contributed by atoms with E-state index in [9.17, 15) is 9.59 Å². The zero-order valence-corrected chi connectivity index (χ0v) is 17.9. The highest BCUT2D eigenvalue weighted by Gasteiger charge is 2.13. The number of anilines is 1. The van der Waals surface area contributed by atoms with Gasteiger partial charge in [-0.3, -0.25) is 9.59 Å². The topological polar surface area (TPSA) is 87.2 Å². The summed E-state index contributed by atoms with van der Waals surface area (Å²) in [6.07, 6.45) is 0.849. The molecule has 2 aromatic carbocycles. The monoisotopic (exact) mass is 423 g/mol. The third kappa shape index (κ3) is 6.47. The van der Waals surface area contributed by atoms with Crippen LogP contribution in [-0.2, 0) is 6.54 Å². The van der Waals surface area contributed by atoms with Crippen LogP contribution in [0.25, 0.3) is 0 Å². The fourth-order valence-corrected chi connectivity index (χ4v) is 3.53. The summed E-state index contributed by atoms with van der Waals surface area (Å²) in [6, 6.07) is 17.2. The van der Waals surface area contributed by atoms with Crippen molar-refractivity contribution in [3.05, 3.63) is 75.7 Å². The number of benzene rings is 2. The van der Waals surface area contributed by atoms with Crippen molar-refractivity contribution in [1.29, 1.82) is 0 Å². The van der Waals surface area contributed by atoms with Crippen LogP contribution in [0, 0.1) is 6.92 Å². The third-order valence-corrected chi connectivity index (χ3v) is 5.24. The number of aryl methyl sites for hydroxylation is 1. The molecule has 0 spiro atoms. The van der Waals surface area contributed by atoms with Crippen molar-refractivity contribution < 1.29 is 9.59 Å². The summed E-state index contributed by atoms with van der Waals surface area (Å²) >= 11 is 1.22. The normalized spacial score (nSPS) is 10.8. The summed E-state index contributed by atoms with van der Waals surface area (Å²) in [5.41, 5.74) is 2.31. The van der Waals surface area contributed by atoms with Crippen LogP contribution in [0.2, 0.25) is 0 Å². The summed E-state index contributed by atoms with van der Waals surface area (Å²) in [5, 5.41) is 14.4. The van der Waals surface area contributed by atoms with Crippen LogP contribution in [0.15, 0.2) is 54.6 Å². The van der Waals surface area contributed by atoms with Crippen LogP contribution >= 0.6 is 11.3 Å². The van der Waals surface area contributed by atoms with Crippen LogP contribution in [0.3, 0.4) is 0 Å². The van der Waals surface area contributed by atoms with Crippen molar-refractivity contribution in [2.75, 3.05) is 25.5 Å². The van der Waals surface area contributed by atoms with Gasteiger partial charge >= 0.3 is 0 Å². The van der Waals surface area contributed by atoms with Gasteiger partial charge in [0.2, 0.25) is 5.01 Å². The van der Waals surface area contributed by atoms with Crippen molar-refractivity contribution >= 4 is 28.8 Å². The number of rotatable bonds is 9. The minimum atomic E-state index is -0.334. The highest BCUT2D eigenvalue weighted by atomic mass is 32.1. The molecular weight excluding hydrogens is 398 g/mol. The number of hydrogen-bond acceptors (Lipinski definition) is 6. The molecule has 1 heterocycles. The molecule has 0 fully saturated rings. The summed E-state index contributed by atoms with van der Waals surface area (Å²) in [7, 11) is 2.07. The first-order valence-corrected chi connectivity index (χ1v) is 10.5. The molecule has 0 saturated heterocycles. The van der Waals surface area contributed by atoms with Gasteiger partial charge in [0, 0.05) is 24.3 Å². The Kier molecular flexibility index (Phi) is 7.64. The van der Waals surface area contributed by atoms with E-state index in [1.54, 1.807) is 31.2 Å². The van der Waals surface area contributed by atoms with Crippen LogP contribution in [-0.4, -0.2) is 47.0 Å². The molecule has 1 aromatic heterocycles. The van der Waals surface area contributed by atoms with Gasteiger partial charge in [0.25, 0.3) is 11.8 Å². The molecule has 3 aromatic rings. The van der Waals surface area contributed by atoms with Gasteiger partial charge in [-0.25, -0.2) is 0 Å². The number of hydrogen-bond donors (Lipinski definition) is 2. The highest BCUT2D eigenvalue weighted by molar-refractivity contribution is 7.13. The highest BCUT2D eigenvalue weighted by Crippen LogP contribution is 2.14. The largest absolute Gasteiger partial charge is 0.352 e. The standard InChI is InChI=1S/C22H25N5O2S/c1-16-25-26-22(30-16)21(29)24-19-11-6-10-18(14-19)20(28)23-12-7-13-27(2)15-17-8-4-3-5-9-17/h3-6,8-11,14H,7,12-13,15H2,1-2H3,(H,23,28)(H,24,29). The molecule has 2 amide bonds. The molecule has 156 valence electrons. The maximum atomic E-state index is 12.4. The maximum Gasteiger partial charge on any atom is 0.286 e. The van der Waals surface area contributed by atoms with E-state index in [1.165, 1.54) is 16.9 Å². The van der Waals surface area contributed by atoms with E-state index < -0.39 is 0 Å². The average Bonchev–Trinajstić information content (AvgIpc) is 3.18. The zero-order valence-electron chi connectivity index (χ0n) is 17.1. The molecule has 0 aliphatic carbocycles. The van der Waals surface area contributed by atoms with Gasteiger partial charge in [-0.1, -0.05) is 47.7 Å². The molecular formula is C22H25N5O2S. The van der Waals surface area contributed by atoms with Gasteiger partial charge in [-0.15, -0.1) is 10.2 Å². The number of nitrogens with one attached hydrogen (secondary N) is 2. The smallest absolute Gasteiger partial charge is 0.286 e. The first-order valence-electron chi connectivity index (χ1n) is 9.73. The predicted molar refractivity (Wildman–Crippen MR) is 119 cm³/mol. The lowest BCUT2D eigenvalue weighted by atomic mass is 10.2. The van der Waals surface area contributed by atoms with Gasteiger partial charge in [0.1, 0.15) is 5.01 Å². The second kappa shape index (κ2) is 10.6. The van der Waals surface area contributed by atoms with E-state index in [4.69, 9.17) is 0 Å². The predicted octanol–water partition coefficient (Wildman–Crippen LogP) is 3.35. The van der Waals surface area contributed by atoms with E-state index in [2.05, 4.69) is 44.9 Å². The fourth-order valence-electron chi connectivity index (χ4n) is 2.94. The lowest BCUT2D eigenvalue weighted by Gasteiger charge is -2.16. The molecule has 0 aliphatic rings. The van der Waals surface area contributed by atoms with Crippen molar-refractivity contribution in [3.8, 4) is 0 Å². The molecule has 0 radical (unpaired) electrons. The van der Waals surface area contributed by atoms with Crippen molar-refractivity contribution in [3.63, 3.8) is 0 Å². The Hall–Kier alpha value is -3.10. The Morgan fingerprint density at radius 1 is 1.03 bits per heavy atom. The molecule has 0 unspecified atom stereocenters. The summed E-state index contributed by atoms with van der Waals surface area (Å²) in [6.45, 7) is 4.13. The number of carbonyl (C=O) groups excluding carboxylic acids is 2. The second-order valence-electron chi connectivity index (χ2n) is 6.99. The third-order valence-electron chi connectivity index (χ3n) is 4.40. The number of amides is 2. The lowest BCUT2D eigenvalue weighted by molar-refractivity contribution is 0.0950. The van der Waals surface area contributed by atoms with Crippen LogP contribution in [0.4, 0.5) is 5.69 Å². The van der Waals surface area contributed by atoms with E-state index in [0.717, 1.165) is 24.5 Å². The summed E-state index contributed by atoms with van der Waals surface area (Å²) in [4.78, 5) is 26.9. The average molecular weight is 424 g/mol. The van der Waals surface area contributed by atoms with Gasteiger partial charge < -0.3 is 15.5 Å². The van der Waals surface area contributed by atoms with Crippen LogP contribution in [0.5, 0.6) is 0 Å². The molecule has 8 heteroatoms. The van der Waals surface area contributed by atoms with Crippen LogP contribution in [0.1, 0.15) is 37.2 Å². The Labute approximate surface area is 180 Å². The Bertz CT molecular complexity index is 990. The number of aromatic nitrogens is 2. The van der Waals surface area contributed by atoms with E-state index in [1.807, 2.05) is 18.2 Å². The Morgan fingerprint density at radius 2 is 1.83 bits per heavy atom. The summed E-state index contributed by atoms with van der Waals surface area (Å²) in [5.74, 6) is -0.497. The summed E-state index contributed by atoms with van der Waals surface area (Å²) < 4.78 is 0. The van der Waals surface area contributed by atoms with Gasteiger partial charge in [0.15, 0.2) is 0 Å². The zero-order chi connectivity index (χ0) is 21.3. The number of carbonyl (C=O) groups is 2. The minimum Gasteiger partial charge on any atom is -0.352 e. The fraction of sp³-hybridized carbons (Fsp3) is 0.273. The Balaban J connectivity index is 1.44. The molecule has 0 atom stereocenters. The minimum absolute atomic E-state index is 0.163. The molecule has 0 saturated carbocycles. The van der Waals surface area contributed by atoms with E-state index in [-0.39, 0.29) is 11.8 Å². The molecule has 3 rings (SSSR count). The number of nitrogens with zero attached hydrogens (tertiary/aromatic N) is 3. The van der Waals surface area contributed by atoms with Gasteiger partial charge in [-0.2, -0.15) is 0 Å². The van der Waals surface area contributed by atoms with E-state index >= 15 is 0 Å². The first-order chi connectivity index (χ1) is 14.5. The lowest BCUT2D eigenvalue weighted by Crippen LogP contribution is -2.28. The SMILES string of the molecule is Cc1nnc(C(=O)Nc2cccc(C(=O)NCCCN(C)Cc3ccccc3)c2)s1. The molecule has 30 heavy (non-hydrogen) atoms. The van der Waals surface area contributed by atoms with E-state index in [0.29, 0.717) is 22.8 Å². The van der Waals surface area contributed by atoms with Gasteiger partial charge in [-0.05, 0) is 50.7 Å². The second-order valence-corrected chi connectivity index (χ2v) is 8.18. The van der Waals surface area contributed by atoms with Crippen LogP contribution < -0.4 is 10.6 Å². The van der Waals surface area contributed by atoms with Crippen molar-refractivity contribution in [2.24, 2.45) is 0 Å².